The second-order valence-corrected chi connectivity index (χ2v) is 8.74. The van der Waals surface area contributed by atoms with E-state index in [9.17, 15) is 14.4 Å². The number of carbonyl (C=O) groups is 3. The molecule has 0 radical (unpaired) electrons. The van der Waals surface area contributed by atoms with Gasteiger partial charge in [-0.1, -0.05) is 31.4 Å². The van der Waals surface area contributed by atoms with Crippen LogP contribution in [0, 0.1) is 0 Å². The van der Waals surface area contributed by atoms with Crippen LogP contribution in [0.1, 0.15) is 70.2 Å². The highest BCUT2D eigenvalue weighted by Gasteiger charge is 2.31. The minimum Gasteiger partial charge on any atom is -0.467 e. The summed E-state index contributed by atoms with van der Waals surface area (Å²) in [6.45, 7) is 7.08. The molecule has 1 amide bonds. The molecule has 0 heterocycles. The largest absolute Gasteiger partial charge is 0.467 e. The molecule has 1 aliphatic rings. The van der Waals surface area contributed by atoms with Crippen molar-refractivity contribution >= 4 is 23.5 Å². The third-order valence-corrected chi connectivity index (χ3v) is 5.09. The Hall–Kier alpha value is -2.57. The first-order chi connectivity index (χ1) is 14.1. The summed E-state index contributed by atoms with van der Waals surface area (Å²) in [7, 11) is 1.30. The van der Waals surface area contributed by atoms with Crippen LogP contribution in [-0.4, -0.2) is 49.2 Å². The SMILES string of the molecule is COC(=O)[C@@H](CN(c1ccccc1C(=O)OC(C)(C)C)C1CCCCC1)NC(C)=O. The fourth-order valence-electron chi connectivity index (χ4n) is 3.83. The molecule has 1 fully saturated rings. The highest BCUT2D eigenvalue weighted by atomic mass is 16.6. The summed E-state index contributed by atoms with van der Waals surface area (Å²) in [5, 5.41) is 2.69. The maximum atomic E-state index is 12.9. The lowest BCUT2D eigenvalue weighted by Crippen LogP contribution is -2.52. The van der Waals surface area contributed by atoms with Gasteiger partial charge in [0.05, 0.1) is 18.4 Å². The minimum absolute atomic E-state index is 0.156. The Morgan fingerprint density at radius 2 is 1.77 bits per heavy atom. The van der Waals surface area contributed by atoms with Crippen LogP contribution in [0.25, 0.3) is 0 Å². The number of methoxy groups -OCH3 is 1. The zero-order valence-corrected chi connectivity index (χ0v) is 18.7. The molecule has 1 N–H and O–H groups in total. The van der Waals surface area contributed by atoms with E-state index in [1.807, 2.05) is 32.9 Å². The van der Waals surface area contributed by atoms with Crippen molar-refractivity contribution in [1.82, 2.24) is 5.32 Å². The molecule has 166 valence electrons. The second-order valence-electron chi connectivity index (χ2n) is 8.74. The first-order valence-electron chi connectivity index (χ1n) is 10.6. The summed E-state index contributed by atoms with van der Waals surface area (Å²) in [5.74, 6) is -1.23. The number of nitrogens with zero attached hydrogens (tertiary/aromatic N) is 1. The number of nitrogens with one attached hydrogen (secondary N) is 1. The van der Waals surface area contributed by atoms with Crippen molar-refractivity contribution in [3.8, 4) is 0 Å². The quantitative estimate of drug-likeness (QED) is 0.683. The first kappa shape index (κ1) is 23.7. The maximum absolute atomic E-state index is 12.9. The molecule has 30 heavy (non-hydrogen) atoms. The van der Waals surface area contributed by atoms with Gasteiger partial charge >= 0.3 is 11.9 Å². The van der Waals surface area contributed by atoms with Gasteiger partial charge in [-0.25, -0.2) is 9.59 Å². The fraction of sp³-hybridized carbons (Fsp3) is 0.609. The Labute approximate surface area is 179 Å². The van der Waals surface area contributed by atoms with E-state index >= 15 is 0 Å². The monoisotopic (exact) mass is 418 g/mol. The van der Waals surface area contributed by atoms with Crippen LogP contribution < -0.4 is 10.2 Å². The van der Waals surface area contributed by atoms with E-state index in [4.69, 9.17) is 9.47 Å². The van der Waals surface area contributed by atoms with Gasteiger partial charge in [-0.05, 0) is 45.7 Å². The highest BCUT2D eigenvalue weighted by Crippen LogP contribution is 2.31. The molecule has 0 spiro atoms. The summed E-state index contributed by atoms with van der Waals surface area (Å²) >= 11 is 0. The molecule has 0 aromatic heterocycles. The van der Waals surface area contributed by atoms with Crippen LogP contribution >= 0.6 is 0 Å². The molecule has 1 aliphatic carbocycles. The van der Waals surface area contributed by atoms with Crippen LogP contribution in [0.4, 0.5) is 5.69 Å². The van der Waals surface area contributed by atoms with E-state index in [2.05, 4.69) is 10.2 Å². The van der Waals surface area contributed by atoms with E-state index in [-0.39, 0.29) is 18.5 Å². The Kier molecular flexibility index (Phi) is 8.26. The van der Waals surface area contributed by atoms with Crippen molar-refractivity contribution in [3.63, 3.8) is 0 Å². The molecule has 1 atom stereocenters. The van der Waals surface area contributed by atoms with E-state index in [0.29, 0.717) is 11.3 Å². The van der Waals surface area contributed by atoms with Gasteiger partial charge < -0.3 is 19.7 Å². The molecule has 0 saturated heterocycles. The first-order valence-corrected chi connectivity index (χ1v) is 10.6. The molecule has 1 aromatic carbocycles. The van der Waals surface area contributed by atoms with E-state index in [1.54, 1.807) is 12.1 Å². The summed E-state index contributed by atoms with van der Waals surface area (Å²) in [6.07, 6.45) is 5.25. The number of hydrogen-bond donors (Lipinski definition) is 1. The molecule has 1 aromatic rings. The van der Waals surface area contributed by atoms with Crippen molar-refractivity contribution in [3.05, 3.63) is 29.8 Å². The summed E-state index contributed by atoms with van der Waals surface area (Å²) < 4.78 is 10.5. The van der Waals surface area contributed by atoms with Crippen LogP contribution in [0.15, 0.2) is 24.3 Å². The van der Waals surface area contributed by atoms with Crippen LogP contribution in [-0.2, 0) is 19.1 Å². The lowest BCUT2D eigenvalue weighted by Gasteiger charge is -2.38. The number of anilines is 1. The number of esters is 2. The molecule has 0 bridgehead atoms. The smallest absolute Gasteiger partial charge is 0.340 e. The Morgan fingerprint density at radius 1 is 1.13 bits per heavy atom. The number of rotatable bonds is 7. The van der Waals surface area contributed by atoms with E-state index in [0.717, 1.165) is 25.7 Å². The standard InChI is InChI=1S/C23H34N2O5/c1-16(26)24-19(22(28)29-5)15-25(17-11-7-6-8-12-17)20-14-10-9-13-18(20)21(27)30-23(2,3)4/h9-10,13-14,17,19H,6-8,11-12,15H2,1-5H3,(H,24,26)/t19-/m1/s1. The fourth-order valence-corrected chi connectivity index (χ4v) is 3.83. The maximum Gasteiger partial charge on any atom is 0.340 e. The normalized spacial score (nSPS) is 15.8. The van der Waals surface area contributed by atoms with Crippen molar-refractivity contribution in [2.24, 2.45) is 0 Å². The summed E-state index contributed by atoms with van der Waals surface area (Å²) in [6, 6.07) is 6.60. The van der Waals surface area contributed by atoms with Crippen molar-refractivity contribution in [2.45, 2.75) is 77.5 Å². The van der Waals surface area contributed by atoms with E-state index < -0.39 is 23.6 Å². The van der Waals surface area contributed by atoms with Gasteiger partial charge in [0.2, 0.25) is 5.91 Å². The van der Waals surface area contributed by atoms with Crippen molar-refractivity contribution in [2.75, 3.05) is 18.6 Å². The van der Waals surface area contributed by atoms with Gasteiger partial charge in [0.25, 0.3) is 0 Å². The molecule has 2 rings (SSSR count). The molecule has 7 heteroatoms. The number of amides is 1. The van der Waals surface area contributed by atoms with Gasteiger partial charge in [0, 0.05) is 19.5 Å². The third kappa shape index (κ3) is 6.75. The Morgan fingerprint density at radius 3 is 2.33 bits per heavy atom. The van der Waals surface area contributed by atoms with Crippen LogP contribution in [0.3, 0.4) is 0 Å². The lowest BCUT2D eigenvalue weighted by molar-refractivity contribution is -0.144. The number of carbonyl (C=O) groups excluding carboxylic acids is 3. The molecular formula is C23H34N2O5. The molecular weight excluding hydrogens is 384 g/mol. The topological polar surface area (TPSA) is 84.9 Å². The number of ether oxygens (including phenoxy) is 2. The molecule has 0 unspecified atom stereocenters. The third-order valence-electron chi connectivity index (χ3n) is 5.09. The average Bonchev–Trinajstić information content (AvgIpc) is 2.69. The zero-order chi connectivity index (χ0) is 22.3. The van der Waals surface area contributed by atoms with Gasteiger partial charge in [-0.15, -0.1) is 0 Å². The van der Waals surface area contributed by atoms with Gasteiger partial charge in [-0.3, -0.25) is 4.79 Å². The molecule has 7 nitrogen and oxygen atoms in total. The number of benzene rings is 1. The predicted molar refractivity (Wildman–Crippen MR) is 115 cm³/mol. The van der Waals surface area contributed by atoms with Crippen molar-refractivity contribution in [1.29, 1.82) is 0 Å². The van der Waals surface area contributed by atoms with Crippen molar-refractivity contribution < 1.29 is 23.9 Å². The van der Waals surface area contributed by atoms with Gasteiger partial charge in [0.15, 0.2) is 0 Å². The van der Waals surface area contributed by atoms with Gasteiger partial charge in [0.1, 0.15) is 11.6 Å². The Balaban J connectivity index is 2.43. The number of hydrogen-bond acceptors (Lipinski definition) is 6. The van der Waals surface area contributed by atoms with E-state index in [1.165, 1.54) is 20.5 Å². The average molecular weight is 419 g/mol. The highest BCUT2D eigenvalue weighted by molar-refractivity contribution is 5.96. The number of para-hydroxylation sites is 1. The molecule has 1 saturated carbocycles. The predicted octanol–water partition coefficient (Wildman–Crippen LogP) is 3.46. The summed E-state index contributed by atoms with van der Waals surface area (Å²) in [4.78, 5) is 39.0. The molecule has 0 aliphatic heterocycles. The second kappa shape index (κ2) is 10.5. The van der Waals surface area contributed by atoms with Crippen LogP contribution in [0.2, 0.25) is 0 Å². The lowest BCUT2D eigenvalue weighted by atomic mass is 9.92. The summed E-state index contributed by atoms with van der Waals surface area (Å²) in [5.41, 5.74) is 0.535. The van der Waals surface area contributed by atoms with Gasteiger partial charge in [-0.2, -0.15) is 0 Å². The van der Waals surface area contributed by atoms with Crippen LogP contribution in [0.5, 0.6) is 0 Å². The Bertz CT molecular complexity index is 750. The zero-order valence-electron chi connectivity index (χ0n) is 18.7. The minimum atomic E-state index is -0.832.